The number of hydrogen-bond acceptors (Lipinski definition) is 8. The van der Waals surface area contributed by atoms with Crippen molar-refractivity contribution in [3.05, 3.63) is 66.6 Å². The maximum atomic E-state index is 5.81. The summed E-state index contributed by atoms with van der Waals surface area (Å²) in [5, 5.41) is 5.30. The van der Waals surface area contributed by atoms with Gasteiger partial charge in [-0.05, 0) is 30.0 Å². The predicted molar refractivity (Wildman–Crippen MR) is 118 cm³/mol. The van der Waals surface area contributed by atoms with Gasteiger partial charge in [0.25, 0.3) is 0 Å². The summed E-state index contributed by atoms with van der Waals surface area (Å²) < 4.78 is 11.1. The molecule has 0 radical (unpaired) electrons. The third-order valence-corrected chi connectivity index (χ3v) is 5.19. The number of nitrogens with one attached hydrogen (secondary N) is 1. The number of methoxy groups -OCH3 is 1. The Labute approximate surface area is 178 Å². The van der Waals surface area contributed by atoms with E-state index in [1.54, 1.807) is 43.2 Å². The van der Waals surface area contributed by atoms with Crippen molar-refractivity contribution in [2.24, 2.45) is 0 Å². The normalized spacial score (nSPS) is 10.6. The van der Waals surface area contributed by atoms with E-state index < -0.39 is 0 Å². The third-order valence-electron chi connectivity index (χ3n) is 4.31. The second-order valence-corrected chi connectivity index (χ2v) is 7.25. The number of anilines is 1. The van der Waals surface area contributed by atoms with E-state index in [1.807, 2.05) is 41.8 Å². The van der Waals surface area contributed by atoms with Gasteiger partial charge in [-0.25, -0.2) is 9.97 Å². The molecule has 0 spiro atoms. The first kappa shape index (κ1) is 19.8. The van der Waals surface area contributed by atoms with Crippen LogP contribution in [0.1, 0.15) is 6.42 Å². The van der Waals surface area contributed by atoms with Gasteiger partial charge < -0.3 is 14.8 Å². The van der Waals surface area contributed by atoms with Gasteiger partial charge in [-0.3, -0.25) is 9.97 Å². The Bertz CT molecular complexity index is 1070. The maximum absolute atomic E-state index is 5.81. The van der Waals surface area contributed by atoms with Gasteiger partial charge in [-0.1, -0.05) is 18.2 Å². The van der Waals surface area contributed by atoms with Crippen LogP contribution in [-0.2, 0) is 0 Å². The molecule has 0 saturated heterocycles. The molecule has 4 aromatic rings. The number of benzene rings is 1. The molecule has 1 aromatic carbocycles. The van der Waals surface area contributed by atoms with Crippen LogP contribution in [0.4, 0.5) is 5.95 Å². The summed E-state index contributed by atoms with van der Waals surface area (Å²) in [6.07, 6.45) is 7.62. The molecule has 0 atom stereocenters. The van der Waals surface area contributed by atoms with Crippen LogP contribution in [0.25, 0.3) is 21.8 Å². The number of para-hydroxylation sites is 2. The van der Waals surface area contributed by atoms with Crippen LogP contribution in [0.5, 0.6) is 11.5 Å². The molecule has 8 heteroatoms. The molecule has 4 rings (SSSR count). The number of thiophene rings is 1. The first-order chi connectivity index (χ1) is 14.8. The van der Waals surface area contributed by atoms with Gasteiger partial charge in [-0.2, -0.15) is 0 Å². The largest absolute Gasteiger partial charge is 0.493 e. The number of ether oxygens (including phenoxy) is 2. The Kier molecular flexibility index (Phi) is 6.46. The quantitative estimate of drug-likeness (QED) is 0.399. The van der Waals surface area contributed by atoms with E-state index in [1.165, 1.54) is 0 Å². The van der Waals surface area contributed by atoms with E-state index in [-0.39, 0.29) is 0 Å². The summed E-state index contributed by atoms with van der Waals surface area (Å²) in [6, 6.07) is 11.7. The molecular weight excluding hydrogens is 398 g/mol. The molecule has 0 unspecified atom stereocenters. The van der Waals surface area contributed by atoms with E-state index in [0.717, 1.165) is 39.7 Å². The lowest BCUT2D eigenvalue weighted by atomic mass is 10.1. The first-order valence-corrected chi connectivity index (χ1v) is 10.4. The molecular formula is C22H21N5O2S. The van der Waals surface area contributed by atoms with Crippen molar-refractivity contribution in [3.63, 3.8) is 0 Å². The van der Waals surface area contributed by atoms with Gasteiger partial charge in [0.1, 0.15) is 0 Å². The van der Waals surface area contributed by atoms with Crippen molar-refractivity contribution in [3.8, 4) is 33.3 Å². The zero-order valence-electron chi connectivity index (χ0n) is 16.5. The minimum Gasteiger partial charge on any atom is -0.493 e. The molecule has 152 valence electrons. The summed E-state index contributed by atoms with van der Waals surface area (Å²) >= 11 is 1.63. The van der Waals surface area contributed by atoms with Gasteiger partial charge in [-0.15, -0.1) is 11.3 Å². The number of nitrogens with zero attached hydrogens (tertiary/aromatic N) is 4. The molecule has 0 saturated carbocycles. The molecule has 0 aliphatic rings. The highest BCUT2D eigenvalue weighted by atomic mass is 32.1. The molecule has 0 aliphatic carbocycles. The summed E-state index contributed by atoms with van der Waals surface area (Å²) in [4.78, 5) is 18.8. The van der Waals surface area contributed by atoms with Gasteiger partial charge in [0.15, 0.2) is 11.5 Å². The van der Waals surface area contributed by atoms with E-state index in [9.17, 15) is 0 Å². The SMILES string of the molecule is COc1ccccc1OCCCNc1ncc(-c2cnccn2)c(-c2cccs2)n1. The van der Waals surface area contributed by atoms with E-state index in [0.29, 0.717) is 19.1 Å². The van der Waals surface area contributed by atoms with Crippen LogP contribution in [0, 0.1) is 0 Å². The molecule has 1 N–H and O–H groups in total. The molecule has 30 heavy (non-hydrogen) atoms. The van der Waals surface area contributed by atoms with Gasteiger partial charge >= 0.3 is 0 Å². The van der Waals surface area contributed by atoms with Crippen LogP contribution >= 0.6 is 11.3 Å². The van der Waals surface area contributed by atoms with E-state index >= 15 is 0 Å². The van der Waals surface area contributed by atoms with Gasteiger partial charge in [0.2, 0.25) is 5.95 Å². The second-order valence-electron chi connectivity index (χ2n) is 6.30. The highest BCUT2D eigenvalue weighted by Crippen LogP contribution is 2.32. The standard InChI is InChI=1S/C22H21N5O2S/c1-28-18-6-2-3-7-19(18)29-12-5-9-25-22-26-14-16(17-15-23-10-11-24-17)21(27-22)20-8-4-13-30-20/h2-4,6-8,10-11,13-15H,5,9,12H2,1H3,(H,25,26,27). The Morgan fingerprint density at radius 3 is 2.67 bits per heavy atom. The highest BCUT2D eigenvalue weighted by molar-refractivity contribution is 7.13. The van der Waals surface area contributed by atoms with Crippen molar-refractivity contribution in [2.75, 3.05) is 25.6 Å². The number of aromatic nitrogens is 4. The average molecular weight is 420 g/mol. The van der Waals surface area contributed by atoms with Crippen LogP contribution in [0.15, 0.2) is 66.6 Å². The minimum atomic E-state index is 0.558. The summed E-state index contributed by atoms with van der Waals surface area (Å²) in [5.41, 5.74) is 2.45. The topological polar surface area (TPSA) is 82.0 Å². The zero-order chi connectivity index (χ0) is 20.6. The van der Waals surface area contributed by atoms with Gasteiger partial charge in [0, 0.05) is 30.7 Å². The fourth-order valence-corrected chi connectivity index (χ4v) is 3.61. The second kappa shape index (κ2) is 9.80. The van der Waals surface area contributed by atoms with Crippen LogP contribution in [-0.4, -0.2) is 40.2 Å². The van der Waals surface area contributed by atoms with Gasteiger partial charge in [0.05, 0.1) is 36.2 Å². The molecule has 0 fully saturated rings. The lowest BCUT2D eigenvalue weighted by Crippen LogP contribution is -2.10. The smallest absolute Gasteiger partial charge is 0.223 e. The monoisotopic (exact) mass is 419 g/mol. The Balaban J connectivity index is 1.41. The summed E-state index contributed by atoms with van der Waals surface area (Å²) in [7, 11) is 1.64. The number of rotatable bonds is 9. The predicted octanol–water partition coefficient (Wildman–Crippen LogP) is 4.55. The Morgan fingerprint density at radius 1 is 1.00 bits per heavy atom. The summed E-state index contributed by atoms with van der Waals surface area (Å²) in [5.74, 6) is 2.04. The lowest BCUT2D eigenvalue weighted by molar-refractivity contribution is 0.292. The van der Waals surface area contributed by atoms with E-state index in [2.05, 4.69) is 20.3 Å². The van der Waals surface area contributed by atoms with Crippen molar-refractivity contribution >= 4 is 17.3 Å². The molecule has 0 amide bonds. The minimum absolute atomic E-state index is 0.558. The van der Waals surface area contributed by atoms with Crippen molar-refractivity contribution < 1.29 is 9.47 Å². The fraction of sp³-hybridized carbons (Fsp3) is 0.182. The number of hydrogen-bond donors (Lipinski definition) is 1. The first-order valence-electron chi connectivity index (χ1n) is 9.52. The van der Waals surface area contributed by atoms with Crippen molar-refractivity contribution in [1.29, 1.82) is 0 Å². The highest BCUT2D eigenvalue weighted by Gasteiger charge is 2.13. The Hall–Kier alpha value is -3.52. The third kappa shape index (κ3) is 4.72. The van der Waals surface area contributed by atoms with Crippen LogP contribution < -0.4 is 14.8 Å². The molecule has 0 aliphatic heterocycles. The molecule has 3 aromatic heterocycles. The van der Waals surface area contributed by atoms with Crippen molar-refractivity contribution in [2.45, 2.75) is 6.42 Å². The van der Waals surface area contributed by atoms with Crippen LogP contribution in [0.2, 0.25) is 0 Å². The molecule has 0 bridgehead atoms. The Morgan fingerprint density at radius 2 is 1.90 bits per heavy atom. The lowest BCUT2D eigenvalue weighted by Gasteiger charge is -2.11. The molecule has 3 heterocycles. The van der Waals surface area contributed by atoms with Crippen molar-refractivity contribution in [1.82, 2.24) is 19.9 Å². The summed E-state index contributed by atoms with van der Waals surface area (Å²) in [6.45, 7) is 1.24. The zero-order valence-corrected chi connectivity index (χ0v) is 17.3. The average Bonchev–Trinajstić information content (AvgIpc) is 3.34. The molecule has 7 nitrogen and oxygen atoms in total. The van der Waals surface area contributed by atoms with E-state index in [4.69, 9.17) is 14.5 Å². The maximum Gasteiger partial charge on any atom is 0.223 e. The fourth-order valence-electron chi connectivity index (χ4n) is 2.89. The van der Waals surface area contributed by atoms with Crippen LogP contribution in [0.3, 0.4) is 0 Å².